The summed E-state index contributed by atoms with van der Waals surface area (Å²) in [5, 5.41) is 2.75. The first-order chi connectivity index (χ1) is 10.1. The summed E-state index contributed by atoms with van der Waals surface area (Å²) in [6.45, 7) is 4.70. The number of carbonyl (C=O) groups excluding carboxylic acids is 1. The number of amides is 1. The highest BCUT2D eigenvalue weighted by atomic mass is 35.5. The molecule has 0 spiro atoms. The molecule has 116 valence electrons. The Morgan fingerprint density at radius 2 is 2.05 bits per heavy atom. The molecule has 0 fully saturated rings. The number of cyclic esters (lactones) is 1. The van der Waals surface area contributed by atoms with Crippen LogP contribution in [0, 0.1) is 0 Å². The molecule has 1 heterocycles. The van der Waals surface area contributed by atoms with Crippen molar-refractivity contribution in [3.8, 4) is 5.75 Å². The molecular weight excluding hydrogens is 290 g/mol. The minimum Gasteiger partial charge on any atom is -0.494 e. The molecule has 0 bridgehead atoms. The Morgan fingerprint density at radius 1 is 1.29 bits per heavy atom. The lowest BCUT2D eigenvalue weighted by Crippen LogP contribution is -2.38. The Labute approximate surface area is 130 Å². The van der Waals surface area contributed by atoms with Gasteiger partial charge < -0.3 is 9.47 Å². The highest BCUT2D eigenvalue weighted by molar-refractivity contribution is 6.17. The minimum atomic E-state index is -0.562. The molecule has 1 aliphatic heterocycles. The number of hydrogen-bond acceptors (Lipinski definition) is 3. The Bertz CT molecular complexity index is 500. The summed E-state index contributed by atoms with van der Waals surface area (Å²) in [4.78, 5) is 11.7. The Kier molecular flexibility index (Phi) is 5.34. The summed E-state index contributed by atoms with van der Waals surface area (Å²) < 4.78 is 11.3. The number of benzene rings is 1. The predicted octanol–water partition coefficient (Wildman–Crippen LogP) is 4.66. The van der Waals surface area contributed by atoms with E-state index >= 15 is 0 Å². The number of ether oxygens (including phenoxy) is 2. The fraction of sp³-hybridized carbons (Fsp3) is 0.562. The zero-order valence-corrected chi connectivity index (χ0v) is 13.3. The average Bonchev–Trinajstić information content (AvgIpc) is 2.51. The molecule has 0 aliphatic carbocycles. The third kappa shape index (κ3) is 3.43. The van der Waals surface area contributed by atoms with Crippen LogP contribution in [0.2, 0.25) is 0 Å². The van der Waals surface area contributed by atoms with Gasteiger partial charge in [0.2, 0.25) is 0 Å². The van der Waals surface area contributed by atoms with Gasteiger partial charge in [-0.2, -0.15) is 0 Å². The number of nitrogens with one attached hydrogen (secondary N) is 1. The van der Waals surface area contributed by atoms with Gasteiger partial charge in [0.15, 0.2) is 0 Å². The van der Waals surface area contributed by atoms with E-state index in [1.807, 2.05) is 32.0 Å². The molecule has 4 nitrogen and oxygen atoms in total. The molecule has 21 heavy (non-hydrogen) atoms. The molecular formula is C16H22ClNO3. The zero-order valence-electron chi connectivity index (χ0n) is 12.6. The van der Waals surface area contributed by atoms with Crippen LogP contribution < -0.4 is 10.1 Å². The predicted molar refractivity (Wildman–Crippen MR) is 84.3 cm³/mol. The number of hydrogen-bond donors (Lipinski definition) is 1. The van der Waals surface area contributed by atoms with Crippen LogP contribution in [-0.2, 0) is 10.3 Å². The van der Waals surface area contributed by atoms with E-state index in [-0.39, 0.29) is 6.09 Å². The Morgan fingerprint density at radius 3 is 2.71 bits per heavy atom. The van der Waals surface area contributed by atoms with Crippen LogP contribution in [0.5, 0.6) is 5.75 Å². The van der Waals surface area contributed by atoms with Crippen molar-refractivity contribution in [1.29, 1.82) is 0 Å². The summed E-state index contributed by atoms with van der Waals surface area (Å²) in [5.74, 6) is 1.46. The second-order valence-corrected chi connectivity index (χ2v) is 5.55. The van der Waals surface area contributed by atoms with E-state index in [0.717, 1.165) is 42.7 Å². The molecule has 1 amide bonds. The summed E-state index contributed by atoms with van der Waals surface area (Å²) in [7, 11) is 0. The number of halogens is 1. The van der Waals surface area contributed by atoms with E-state index in [4.69, 9.17) is 21.1 Å². The van der Waals surface area contributed by atoms with E-state index in [0.29, 0.717) is 12.5 Å². The fourth-order valence-corrected chi connectivity index (χ4v) is 2.82. The highest BCUT2D eigenvalue weighted by Crippen LogP contribution is 2.42. The number of anilines is 1. The lowest BCUT2D eigenvalue weighted by Gasteiger charge is -2.37. The lowest BCUT2D eigenvalue weighted by atomic mass is 9.86. The number of fused-ring (bicyclic) bond motifs is 1. The van der Waals surface area contributed by atoms with Gasteiger partial charge in [0.1, 0.15) is 11.4 Å². The molecule has 0 saturated carbocycles. The van der Waals surface area contributed by atoms with Crippen LogP contribution in [-0.4, -0.2) is 18.6 Å². The first kappa shape index (κ1) is 16.0. The summed E-state index contributed by atoms with van der Waals surface area (Å²) in [5.41, 5.74) is 1.23. The Balaban J connectivity index is 2.22. The zero-order chi connectivity index (χ0) is 15.3. The topological polar surface area (TPSA) is 47.6 Å². The number of rotatable bonds is 7. The van der Waals surface area contributed by atoms with Crippen molar-refractivity contribution in [3.05, 3.63) is 23.8 Å². The van der Waals surface area contributed by atoms with Crippen LogP contribution in [0.3, 0.4) is 0 Å². The minimum absolute atomic E-state index is 0.387. The molecule has 0 atom stereocenters. The monoisotopic (exact) mass is 311 g/mol. The van der Waals surface area contributed by atoms with Crippen LogP contribution in [0.25, 0.3) is 0 Å². The second kappa shape index (κ2) is 7.03. The van der Waals surface area contributed by atoms with Crippen molar-refractivity contribution in [3.63, 3.8) is 0 Å². The first-order valence-corrected chi connectivity index (χ1v) is 8.02. The molecule has 5 heteroatoms. The molecule has 0 unspecified atom stereocenters. The van der Waals surface area contributed by atoms with Gasteiger partial charge in [0.05, 0.1) is 12.3 Å². The van der Waals surface area contributed by atoms with Gasteiger partial charge in [-0.05, 0) is 43.9 Å². The maximum Gasteiger partial charge on any atom is 0.412 e. The molecule has 1 aromatic rings. The second-order valence-electron chi connectivity index (χ2n) is 5.17. The van der Waals surface area contributed by atoms with Gasteiger partial charge in [0.25, 0.3) is 0 Å². The molecule has 2 rings (SSSR count). The van der Waals surface area contributed by atoms with Crippen molar-refractivity contribution >= 4 is 23.4 Å². The van der Waals surface area contributed by atoms with E-state index in [1.165, 1.54) is 0 Å². The number of unbranched alkanes of at least 4 members (excludes halogenated alkanes) is 1. The highest BCUT2D eigenvalue weighted by Gasteiger charge is 2.39. The van der Waals surface area contributed by atoms with Gasteiger partial charge in [0, 0.05) is 11.4 Å². The van der Waals surface area contributed by atoms with E-state index in [1.54, 1.807) is 0 Å². The average molecular weight is 312 g/mol. The quantitative estimate of drug-likeness (QED) is 0.588. The van der Waals surface area contributed by atoms with Crippen LogP contribution in [0.1, 0.15) is 45.1 Å². The van der Waals surface area contributed by atoms with Crippen LogP contribution in [0.4, 0.5) is 10.5 Å². The largest absolute Gasteiger partial charge is 0.494 e. The molecule has 0 aromatic heterocycles. The van der Waals surface area contributed by atoms with Gasteiger partial charge >= 0.3 is 6.09 Å². The third-order valence-electron chi connectivity index (χ3n) is 3.95. The van der Waals surface area contributed by atoms with Gasteiger partial charge in [-0.25, -0.2) is 4.79 Å². The molecule has 1 N–H and O–H groups in total. The van der Waals surface area contributed by atoms with Crippen molar-refractivity contribution in [2.24, 2.45) is 0 Å². The van der Waals surface area contributed by atoms with Crippen LogP contribution in [0.15, 0.2) is 18.2 Å². The van der Waals surface area contributed by atoms with Gasteiger partial charge in [-0.1, -0.05) is 13.8 Å². The van der Waals surface area contributed by atoms with E-state index in [9.17, 15) is 4.79 Å². The molecule has 1 aliphatic rings. The third-order valence-corrected chi connectivity index (χ3v) is 4.21. The fourth-order valence-electron chi connectivity index (χ4n) is 2.63. The molecule has 0 radical (unpaired) electrons. The maximum atomic E-state index is 11.7. The first-order valence-electron chi connectivity index (χ1n) is 7.48. The summed E-state index contributed by atoms with van der Waals surface area (Å²) >= 11 is 5.65. The van der Waals surface area contributed by atoms with E-state index < -0.39 is 5.60 Å². The van der Waals surface area contributed by atoms with Crippen molar-refractivity contribution in [2.45, 2.75) is 45.1 Å². The summed E-state index contributed by atoms with van der Waals surface area (Å²) in [6.07, 6.45) is 2.96. The number of carbonyl (C=O) groups is 1. The maximum absolute atomic E-state index is 11.7. The number of alkyl halides is 1. The van der Waals surface area contributed by atoms with E-state index in [2.05, 4.69) is 5.32 Å². The smallest absolute Gasteiger partial charge is 0.412 e. The van der Waals surface area contributed by atoms with Gasteiger partial charge in [-0.15, -0.1) is 11.6 Å². The normalized spacial score (nSPS) is 15.9. The molecule has 0 saturated heterocycles. The Hall–Kier alpha value is -1.42. The summed E-state index contributed by atoms with van der Waals surface area (Å²) in [6, 6.07) is 5.73. The standard InChI is InChI=1S/C16H22ClNO3/c1-3-16(4-2)13-11-12(20-10-6-5-9-17)7-8-14(13)18-15(19)21-16/h7-8,11H,3-6,9-10H2,1-2H3,(H,18,19). The van der Waals surface area contributed by atoms with Crippen molar-refractivity contribution < 1.29 is 14.3 Å². The van der Waals surface area contributed by atoms with Crippen molar-refractivity contribution in [2.75, 3.05) is 17.8 Å². The van der Waals surface area contributed by atoms with Gasteiger partial charge in [-0.3, -0.25) is 5.32 Å². The van der Waals surface area contributed by atoms with Crippen molar-refractivity contribution in [1.82, 2.24) is 0 Å². The van der Waals surface area contributed by atoms with Crippen LogP contribution >= 0.6 is 11.6 Å². The SMILES string of the molecule is CCC1(CC)OC(=O)Nc2ccc(OCCCCCl)cc21. The molecule has 1 aromatic carbocycles. The lowest BCUT2D eigenvalue weighted by molar-refractivity contribution is 0.00453.